The molecule has 60 valence electrons. The average molecular weight is 181 g/mol. The van der Waals surface area contributed by atoms with Crippen molar-refractivity contribution < 1.29 is 29.4 Å². The summed E-state index contributed by atoms with van der Waals surface area (Å²) in [5.74, 6) is 0. The normalized spacial score (nSPS) is 17.6. The Morgan fingerprint density at radius 2 is 0.889 bits per heavy atom. The van der Waals surface area contributed by atoms with Gasteiger partial charge in [-0.05, 0) is 0 Å². The molecule has 0 radical (unpaired) electrons. The first-order valence-electron chi connectivity index (χ1n) is 1.84. The summed E-state index contributed by atoms with van der Waals surface area (Å²) in [5, 5.41) is 0. The van der Waals surface area contributed by atoms with Gasteiger partial charge >= 0.3 is 50.4 Å². The van der Waals surface area contributed by atoms with E-state index in [1.165, 1.54) is 0 Å². The van der Waals surface area contributed by atoms with Gasteiger partial charge in [-0.3, -0.25) is 0 Å². The van der Waals surface area contributed by atoms with E-state index in [0.717, 1.165) is 4.86 Å². The van der Waals surface area contributed by atoms with Gasteiger partial charge < -0.3 is 0 Å². The molecule has 7 nitrogen and oxygen atoms in total. The van der Waals surface area contributed by atoms with Gasteiger partial charge in [0.15, 0.2) is 0 Å². The molecule has 0 heterocycles. The Balaban J connectivity index is 3.75. The van der Waals surface area contributed by atoms with Crippen molar-refractivity contribution in [2.24, 2.45) is 0 Å². The van der Waals surface area contributed by atoms with Gasteiger partial charge in [0.2, 0.25) is 0 Å². The van der Waals surface area contributed by atoms with E-state index in [9.17, 15) is 0 Å². The van der Waals surface area contributed by atoms with Crippen LogP contribution in [0.3, 0.4) is 0 Å². The fourth-order valence-corrected chi connectivity index (χ4v) is 2.03. The Labute approximate surface area is 51.5 Å². The van der Waals surface area contributed by atoms with Gasteiger partial charge in [0, 0.05) is 0 Å². The van der Waals surface area contributed by atoms with Crippen molar-refractivity contribution in [2.45, 2.75) is 0 Å². The predicted molar refractivity (Wildman–Crippen MR) is 33.1 cm³/mol. The van der Waals surface area contributed by atoms with Crippen LogP contribution >= 0.6 is 16.2 Å². The third-order valence-electron chi connectivity index (χ3n) is 0.335. The predicted octanol–water partition coefficient (Wildman–Crippen LogP) is -2.65. The molecule has 9 heteroatoms. The molecule has 7 N–H and O–H groups in total. The van der Waals surface area contributed by atoms with E-state index < -0.39 is 16.2 Å². The Kier molecular flexibility index (Phi) is 2.85. The Bertz CT molecular complexity index is 76.2. The number of hydrogen-bond acceptors (Lipinski definition) is 7. The summed E-state index contributed by atoms with van der Waals surface area (Å²) < 4.78 is 0. The molecule has 0 aliphatic rings. The molecule has 0 aromatic rings. The molecule has 9 heavy (non-hydrogen) atoms. The van der Waals surface area contributed by atoms with E-state index >= 15 is 0 Å². The van der Waals surface area contributed by atoms with Gasteiger partial charge in [-0.15, -0.1) is 0 Å². The Morgan fingerprint density at radius 3 is 0.889 bits per heavy atom. The van der Waals surface area contributed by atoms with E-state index in [4.69, 9.17) is 29.4 Å². The molecule has 0 aliphatic carbocycles. The van der Waals surface area contributed by atoms with Crippen molar-refractivity contribution in [3.63, 3.8) is 0 Å². The quantitative estimate of drug-likeness (QED) is 0.231. The standard InChI is InChI=1S/H9NO6P2/c2-8(3,4)1-9(5,6)7/h1-9H. The summed E-state index contributed by atoms with van der Waals surface area (Å²) in [5.41, 5.74) is 0. The minimum atomic E-state index is -4.73. The summed E-state index contributed by atoms with van der Waals surface area (Å²) in [4.78, 5) is 49.4. The first-order valence-corrected chi connectivity index (χ1v) is 5.52. The van der Waals surface area contributed by atoms with Crippen LogP contribution in [0.2, 0.25) is 0 Å². The SMILES string of the molecule is O[PH](O)(O)N[PH](O)(O)O. The van der Waals surface area contributed by atoms with Crippen LogP contribution < -0.4 is 4.86 Å². The summed E-state index contributed by atoms with van der Waals surface area (Å²) >= 11 is 0. The van der Waals surface area contributed by atoms with Crippen LogP contribution in [0.5, 0.6) is 0 Å². The fourth-order valence-electron chi connectivity index (χ4n) is 0.225. The first kappa shape index (κ1) is 9.58. The third-order valence-corrected chi connectivity index (χ3v) is 3.02. The molecule has 0 aromatic heterocycles. The van der Waals surface area contributed by atoms with Gasteiger partial charge in [0.25, 0.3) is 0 Å². The fraction of sp³-hybridized carbons (Fsp3) is 0. The van der Waals surface area contributed by atoms with Crippen LogP contribution in [0, 0.1) is 0 Å². The molecular formula is H9NO6P2. The molecule has 0 aliphatic heterocycles. The van der Waals surface area contributed by atoms with Crippen LogP contribution in [0.15, 0.2) is 0 Å². The molecule has 0 aromatic carbocycles. The maximum atomic E-state index is 8.05. The van der Waals surface area contributed by atoms with Gasteiger partial charge in [0.05, 0.1) is 0 Å². The second-order valence-electron chi connectivity index (χ2n) is 1.40. The van der Waals surface area contributed by atoms with Crippen LogP contribution in [0.25, 0.3) is 0 Å². The van der Waals surface area contributed by atoms with Gasteiger partial charge in [-0.25, -0.2) is 0 Å². The van der Waals surface area contributed by atoms with Crippen molar-refractivity contribution in [1.82, 2.24) is 4.86 Å². The van der Waals surface area contributed by atoms with Crippen molar-refractivity contribution in [3.8, 4) is 0 Å². The number of rotatable bonds is 2. The zero-order valence-corrected chi connectivity index (χ0v) is 6.18. The first-order chi connectivity index (χ1) is 3.71. The average Bonchev–Trinajstić information content (AvgIpc) is 1.14. The van der Waals surface area contributed by atoms with Crippen molar-refractivity contribution in [1.29, 1.82) is 0 Å². The summed E-state index contributed by atoms with van der Waals surface area (Å²) in [6, 6.07) is 0. The van der Waals surface area contributed by atoms with Gasteiger partial charge in [0.1, 0.15) is 0 Å². The molecular weight excluding hydrogens is 172 g/mol. The zero-order chi connectivity index (χ0) is 7.71. The van der Waals surface area contributed by atoms with Crippen molar-refractivity contribution in [3.05, 3.63) is 0 Å². The Hall–Kier alpha value is 0.580. The van der Waals surface area contributed by atoms with E-state index in [1.807, 2.05) is 0 Å². The molecule has 0 rings (SSSR count). The van der Waals surface area contributed by atoms with Crippen LogP contribution in [-0.2, 0) is 0 Å². The molecule has 0 bridgehead atoms. The van der Waals surface area contributed by atoms with Crippen molar-refractivity contribution in [2.75, 3.05) is 0 Å². The molecule has 0 atom stereocenters. The van der Waals surface area contributed by atoms with Crippen LogP contribution in [0.4, 0.5) is 0 Å². The van der Waals surface area contributed by atoms with E-state index in [1.54, 1.807) is 0 Å². The zero-order valence-electron chi connectivity index (χ0n) is 4.18. The second-order valence-corrected chi connectivity index (χ2v) is 4.94. The van der Waals surface area contributed by atoms with Crippen molar-refractivity contribution >= 4 is 16.2 Å². The van der Waals surface area contributed by atoms with Gasteiger partial charge in [-0.2, -0.15) is 0 Å². The molecule has 0 spiro atoms. The van der Waals surface area contributed by atoms with Crippen LogP contribution in [0.1, 0.15) is 0 Å². The summed E-state index contributed by atoms with van der Waals surface area (Å²) in [6.07, 6.45) is 0. The van der Waals surface area contributed by atoms with E-state index in [-0.39, 0.29) is 0 Å². The molecule has 0 amide bonds. The molecule has 0 saturated carbocycles. The topological polar surface area (TPSA) is 133 Å². The summed E-state index contributed by atoms with van der Waals surface area (Å²) in [7, 11) is -9.46. The monoisotopic (exact) mass is 181 g/mol. The Morgan fingerprint density at radius 1 is 0.667 bits per heavy atom. The second kappa shape index (κ2) is 2.67. The maximum absolute atomic E-state index is 8.05. The number of nitrogens with one attached hydrogen (secondary N) is 1. The van der Waals surface area contributed by atoms with E-state index in [2.05, 4.69) is 0 Å². The van der Waals surface area contributed by atoms with E-state index in [0.29, 0.717) is 0 Å². The molecule has 0 unspecified atom stereocenters. The van der Waals surface area contributed by atoms with Gasteiger partial charge in [-0.1, -0.05) is 0 Å². The number of hydrogen-bond donors (Lipinski definition) is 7. The molecule has 0 saturated heterocycles. The summed E-state index contributed by atoms with van der Waals surface area (Å²) in [6.45, 7) is 0. The van der Waals surface area contributed by atoms with Crippen LogP contribution in [-0.4, -0.2) is 29.4 Å². The molecule has 0 fully saturated rings. The minimum absolute atomic E-state index is 1.07. The third kappa shape index (κ3) is 8.58.